The molecule has 1 amide bonds. The minimum Gasteiger partial charge on any atom is -0.496 e. The van der Waals surface area contributed by atoms with Gasteiger partial charge in [-0.2, -0.15) is 5.10 Å². The standard InChI is InChI=1S/C22H19N3O2/c1-27-21-12-5-4-11-20(21)22(26)24-18-13-23-25(15-18)14-17-9-6-8-16-7-2-3-10-19(16)17/h2-13,15H,14H2,1H3,(H,24,26). The maximum Gasteiger partial charge on any atom is 0.259 e. The third-order valence-corrected chi connectivity index (χ3v) is 4.45. The van der Waals surface area contributed by atoms with Crippen LogP contribution in [0.3, 0.4) is 0 Å². The van der Waals surface area contributed by atoms with Gasteiger partial charge < -0.3 is 10.1 Å². The number of amides is 1. The Morgan fingerprint density at radius 2 is 1.81 bits per heavy atom. The van der Waals surface area contributed by atoms with Gasteiger partial charge in [0.05, 0.1) is 31.1 Å². The summed E-state index contributed by atoms with van der Waals surface area (Å²) in [5.41, 5.74) is 2.31. The van der Waals surface area contributed by atoms with E-state index in [1.54, 1.807) is 31.5 Å². The SMILES string of the molecule is COc1ccccc1C(=O)Nc1cnn(Cc2cccc3ccccc23)c1. The Hall–Kier alpha value is -3.60. The zero-order valence-electron chi connectivity index (χ0n) is 14.9. The Morgan fingerprint density at radius 3 is 2.70 bits per heavy atom. The van der Waals surface area contributed by atoms with Crippen LogP contribution in [0.1, 0.15) is 15.9 Å². The van der Waals surface area contributed by atoms with Crippen LogP contribution in [0.15, 0.2) is 79.1 Å². The number of para-hydroxylation sites is 1. The highest BCUT2D eigenvalue weighted by atomic mass is 16.5. The summed E-state index contributed by atoms with van der Waals surface area (Å²) in [6.45, 7) is 0.631. The Morgan fingerprint density at radius 1 is 1.04 bits per heavy atom. The third kappa shape index (κ3) is 3.53. The van der Waals surface area contributed by atoms with Crippen molar-refractivity contribution in [3.63, 3.8) is 0 Å². The number of benzene rings is 3. The highest BCUT2D eigenvalue weighted by molar-refractivity contribution is 6.06. The van der Waals surface area contributed by atoms with Gasteiger partial charge >= 0.3 is 0 Å². The number of nitrogens with zero attached hydrogens (tertiary/aromatic N) is 2. The summed E-state index contributed by atoms with van der Waals surface area (Å²) >= 11 is 0. The monoisotopic (exact) mass is 357 g/mol. The molecule has 134 valence electrons. The molecule has 1 aromatic heterocycles. The molecule has 3 aromatic carbocycles. The number of hydrogen-bond acceptors (Lipinski definition) is 3. The molecule has 0 atom stereocenters. The van der Waals surface area contributed by atoms with Gasteiger partial charge in [0, 0.05) is 6.20 Å². The molecular formula is C22H19N3O2. The van der Waals surface area contributed by atoms with E-state index in [1.165, 1.54) is 16.3 Å². The molecule has 0 spiro atoms. The van der Waals surface area contributed by atoms with Gasteiger partial charge in [0.1, 0.15) is 5.75 Å². The van der Waals surface area contributed by atoms with Crippen molar-refractivity contribution in [2.75, 3.05) is 12.4 Å². The van der Waals surface area contributed by atoms with Crippen molar-refractivity contribution in [3.05, 3.63) is 90.3 Å². The molecule has 0 unspecified atom stereocenters. The summed E-state index contributed by atoms with van der Waals surface area (Å²) in [7, 11) is 1.55. The second kappa shape index (κ2) is 7.33. The van der Waals surface area contributed by atoms with Gasteiger partial charge in [-0.05, 0) is 28.5 Å². The number of nitrogens with one attached hydrogen (secondary N) is 1. The maximum atomic E-state index is 12.5. The van der Waals surface area contributed by atoms with Crippen LogP contribution in [0.4, 0.5) is 5.69 Å². The van der Waals surface area contributed by atoms with Gasteiger partial charge in [-0.25, -0.2) is 0 Å². The fourth-order valence-electron chi connectivity index (χ4n) is 3.15. The van der Waals surface area contributed by atoms with Crippen LogP contribution in [-0.2, 0) is 6.54 Å². The summed E-state index contributed by atoms with van der Waals surface area (Å²) in [6.07, 6.45) is 3.48. The maximum absolute atomic E-state index is 12.5. The van der Waals surface area contributed by atoms with E-state index in [0.29, 0.717) is 23.5 Å². The van der Waals surface area contributed by atoms with Gasteiger partial charge in [0.15, 0.2) is 0 Å². The molecule has 4 rings (SSSR count). The Bertz CT molecular complexity index is 1100. The average Bonchev–Trinajstić information content (AvgIpc) is 3.15. The summed E-state index contributed by atoms with van der Waals surface area (Å²) in [5, 5.41) is 9.66. The smallest absolute Gasteiger partial charge is 0.259 e. The quantitative estimate of drug-likeness (QED) is 0.578. The lowest BCUT2D eigenvalue weighted by Crippen LogP contribution is -2.12. The second-order valence-electron chi connectivity index (χ2n) is 6.22. The van der Waals surface area contributed by atoms with Gasteiger partial charge in [-0.3, -0.25) is 9.48 Å². The number of ether oxygens (including phenoxy) is 1. The van der Waals surface area contributed by atoms with Crippen molar-refractivity contribution in [1.29, 1.82) is 0 Å². The highest BCUT2D eigenvalue weighted by Gasteiger charge is 2.12. The molecule has 1 heterocycles. The lowest BCUT2D eigenvalue weighted by atomic mass is 10.0. The molecule has 0 saturated carbocycles. The predicted molar refractivity (Wildman–Crippen MR) is 106 cm³/mol. The molecule has 0 saturated heterocycles. The minimum absolute atomic E-state index is 0.225. The normalized spacial score (nSPS) is 10.7. The van der Waals surface area contributed by atoms with E-state index in [2.05, 4.69) is 34.7 Å². The average molecular weight is 357 g/mol. The van der Waals surface area contributed by atoms with E-state index in [0.717, 1.165) is 0 Å². The van der Waals surface area contributed by atoms with Gasteiger partial charge in [0.25, 0.3) is 5.91 Å². The lowest BCUT2D eigenvalue weighted by molar-refractivity contribution is 0.102. The lowest BCUT2D eigenvalue weighted by Gasteiger charge is -2.08. The number of rotatable bonds is 5. The molecule has 1 N–H and O–H groups in total. The number of fused-ring (bicyclic) bond motifs is 1. The molecule has 0 aliphatic heterocycles. The van der Waals surface area contributed by atoms with Gasteiger partial charge in [-0.15, -0.1) is 0 Å². The summed E-state index contributed by atoms with van der Waals surface area (Å²) in [6, 6.07) is 21.6. The van der Waals surface area contributed by atoms with Crippen molar-refractivity contribution in [2.45, 2.75) is 6.54 Å². The van der Waals surface area contributed by atoms with Crippen molar-refractivity contribution in [2.24, 2.45) is 0 Å². The molecule has 4 aromatic rings. The molecule has 27 heavy (non-hydrogen) atoms. The summed E-state index contributed by atoms with van der Waals surface area (Å²) in [5.74, 6) is 0.315. The van der Waals surface area contributed by atoms with Crippen LogP contribution in [0.5, 0.6) is 5.75 Å². The van der Waals surface area contributed by atoms with E-state index < -0.39 is 0 Å². The Labute approximate surface area is 157 Å². The minimum atomic E-state index is -0.225. The van der Waals surface area contributed by atoms with E-state index in [-0.39, 0.29) is 5.91 Å². The first-order valence-corrected chi connectivity index (χ1v) is 8.68. The topological polar surface area (TPSA) is 56.1 Å². The molecule has 0 aliphatic rings. The molecule has 5 heteroatoms. The summed E-state index contributed by atoms with van der Waals surface area (Å²) < 4.78 is 7.07. The number of hydrogen-bond donors (Lipinski definition) is 1. The number of carbonyl (C=O) groups is 1. The predicted octanol–water partition coefficient (Wildman–Crippen LogP) is 4.35. The zero-order chi connectivity index (χ0) is 18.6. The molecule has 0 bridgehead atoms. The van der Waals surface area contributed by atoms with Gasteiger partial charge in [0.2, 0.25) is 0 Å². The first-order valence-electron chi connectivity index (χ1n) is 8.68. The number of methoxy groups -OCH3 is 1. The van der Waals surface area contributed by atoms with Crippen LogP contribution in [0.25, 0.3) is 10.8 Å². The summed E-state index contributed by atoms with van der Waals surface area (Å²) in [4.78, 5) is 12.5. The van der Waals surface area contributed by atoms with Crippen LogP contribution in [-0.4, -0.2) is 22.8 Å². The van der Waals surface area contributed by atoms with Crippen molar-refractivity contribution in [3.8, 4) is 5.75 Å². The van der Waals surface area contributed by atoms with Crippen LogP contribution >= 0.6 is 0 Å². The largest absolute Gasteiger partial charge is 0.496 e. The van der Waals surface area contributed by atoms with Crippen LogP contribution < -0.4 is 10.1 Å². The molecule has 5 nitrogen and oxygen atoms in total. The first-order chi connectivity index (χ1) is 13.2. The molecule has 0 radical (unpaired) electrons. The molecule has 0 fully saturated rings. The number of carbonyl (C=O) groups excluding carboxylic acids is 1. The van der Waals surface area contributed by atoms with Crippen molar-refractivity contribution in [1.82, 2.24) is 9.78 Å². The molecule has 0 aliphatic carbocycles. The molecular weight excluding hydrogens is 338 g/mol. The van der Waals surface area contributed by atoms with Crippen LogP contribution in [0, 0.1) is 0 Å². The van der Waals surface area contributed by atoms with E-state index in [9.17, 15) is 4.79 Å². The van der Waals surface area contributed by atoms with E-state index >= 15 is 0 Å². The highest BCUT2D eigenvalue weighted by Crippen LogP contribution is 2.21. The number of anilines is 1. The Kier molecular flexibility index (Phi) is 4.58. The van der Waals surface area contributed by atoms with Crippen molar-refractivity contribution < 1.29 is 9.53 Å². The van der Waals surface area contributed by atoms with E-state index in [4.69, 9.17) is 4.74 Å². The third-order valence-electron chi connectivity index (χ3n) is 4.45. The first kappa shape index (κ1) is 16.8. The van der Waals surface area contributed by atoms with Crippen molar-refractivity contribution >= 4 is 22.4 Å². The Balaban J connectivity index is 1.53. The number of aromatic nitrogens is 2. The zero-order valence-corrected chi connectivity index (χ0v) is 14.9. The van der Waals surface area contributed by atoms with Gasteiger partial charge in [-0.1, -0.05) is 54.6 Å². The van der Waals surface area contributed by atoms with E-state index in [1.807, 2.05) is 35.1 Å². The fraction of sp³-hybridized carbons (Fsp3) is 0.0909. The second-order valence-corrected chi connectivity index (χ2v) is 6.22. The fourth-order valence-corrected chi connectivity index (χ4v) is 3.15. The van der Waals surface area contributed by atoms with Crippen LogP contribution in [0.2, 0.25) is 0 Å².